The minimum Gasteiger partial charge on any atom is -0.478 e. The van der Waals surface area contributed by atoms with Crippen LogP contribution >= 0.6 is 0 Å². The summed E-state index contributed by atoms with van der Waals surface area (Å²) in [6.07, 6.45) is 3.11. The zero-order valence-corrected chi connectivity index (χ0v) is 12.3. The Balaban J connectivity index is 2.36. The molecule has 0 aliphatic rings. The molecule has 0 saturated heterocycles. The number of carboxylic acids is 1. The van der Waals surface area contributed by atoms with Gasteiger partial charge in [0.25, 0.3) is 10.0 Å². The summed E-state index contributed by atoms with van der Waals surface area (Å²) in [6, 6.07) is 3.36. The Kier molecular flexibility index (Phi) is 4.05. The smallest absolute Gasteiger partial charge is 0.340 e. The van der Waals surface area contributed by atoms with Gasteiger partial charge in [-0.25, -0.2) is 13.2 Å². The molecule has 0 unspecified atom stereocenters. The van der Waals surface area contributed by atoms with E-state index in [0.29, 0.717) is 0 Å². The van der Waals surface area contributed by atoms with Crippen molar-refractivity contribution >= 4 is 16.0 Å². The Morgan fingerprint density at radius 3 is 2.57 bits per heavy atom. The van der Waals surface area contributed by atoms with Crippen molar-refractivity contribution < 1.29 is 18.3 Å². The van der Waals surface area contributed by atoms with Gasteiger partial charge >= 0.3 is 5.97 Å². The molecule has 9 heteroatoms. The number of aromatic amines is 1. The van der Waals surface area contributed by atoms with Crippen molar-refractivity contribution in [3.8, 4) is 0 Å². The average molecular weight is 310 g/mol. The van der Waals surface area contributed by atoms with Gasteiger partial charge < -0.3 is 5.11 Å². The molecule has 0 aliphatic carbocycles. The number of pyridine rings is 1. The second-order valence-electron chi connectivity index (χ2n) is 4.45. The van der Waals surface area contributed by atoms with Gasteiger partial charge in [0, 0.05) is 31.7 Å². The maximum atomic E-state index is 12.4. The predicted molar refractivity (Wildman–Crippen MR) is 73.2 cm³/mol. The monoisotopic (exact) mass is 310 g/mol. The van der Waals surface area contributed by atoms with E-state index >= 15 is 0 Å². The van der Waals surface area contributed by atoms with Gasteiger partial charge in [0.15, 0.2) is 0 Å². The third-order valence-electron chi connectivity index (χ3n) is 2.94. The summed E-state index contributed by atoms with van der Waals surface area (Å²) in [4.78, 5) is 15.0. The summed E-state index contributed by atoms with van der Waals surface area (Å²) in [5, 5.41) is 14.7. The van der Waals surface area contributed by atoms with Gasteiger partial charge in [-0.2, -0.15) is 9.40 Å². The molecule has 2 aromatic heterocycles. The number of nitrogens with zero attached hydrogens (tertiary/aromatic N) is 3. The fourth-order valence-electron chi connectivity index (χ4n) is 1.82. The lowest BCUT2D eigenvalue weighted by Gasteiger charge is -2.16. The number of sulfonamides is 1. The Labute approximate surface area is 121 Å². The maximum absolute atomic E-state index is 12.4. The molecule has 112 valence electrons. The molecule has 0 bridgehead atoms. The summed E-state index contributed by atoms with van der Waals surface area (Å²) in [5.41, 5.74) is 0.593. The fraction of sp³-hybridized carbons (Fsp3) is 0.250. The van der Waals surface area contributed by atoms with E-state index in [2.05, 4.69) is 15.2 Å². The molecular weight excluding hydrogens is 296 g/mol. The van der Waals surface area contributed by atoms with Crippen molar-refractivity contribution in [2.45, 2.75) is 18.5 Å². The van der Waals surface area contributed by atoms with E-state index < -0.39 is 21.0 Å². The van der Waals surface area contributed by atoms with E-state index in [-0.39, 0.29) is 17.8 Å². The Bertz CT molecular complexity index is 755. The van der Waals surface area contributed by atoms with Gasteiger partial charge in [0.2, 0.25) is 5.03 Å². The molecule has 0 radical (unpaired) electrons. The normalized spacial score (nSPS) is 11.8. The van der Waals surface area contributed by atoms with Crippen LogP contribution in [0, 0.1) is 6.92 Å². The zero-order chi connectivity index (χ0) is 15.6. The SMILES string of the molecule is Cc1[nH]nc(S(=O)(=O)N(C)Cc2ccncc2)c1C(=O)O. The van der Waals surface area contributed by atoms with Crippen molar-refractivity contribution in [1.29, 1.82) is 0 Å². The van der Waals surface area contributed by atoms with Crippen LogP contribution in [0.25, 0.3) is 0 Å². The van der Waals surface area contributed by atoms with E-state index in [4.69, 9.17) is 5.11 Å². The highest BCUT2D eigenvalue weighted by Crippen LogP contribution is 2.20. The summed E-state index contributed by atoms with van der Waals surface area (Å²) >= 11 is 0. The van der Waals surface area contributed by atoms with Gasteiger partial charge in [-0.3, -0.25) is 10.1 Å². The van der Waals surface area contributed by atoms with Crippen LogP contribution in [-0.4, -0.2) is 46.0 Å². The van der Waals surface area contributed by atoms with Crippen LogP contribution in [-0.2, 0) is 16.6 Å². The Hall–Kier alpha value is -2.26. The second kappa shape index (κ2) is 5.62. The highest BCUT2D eigenvalue weighted by molar-refractivity contribution is 7.89. The zero-order valence-electron chi connectivity index (χ0n) is 11.4. The third-order valence-corrected chi connectivity index (χ3v) is 4.67. The van der Waals surface area contributed by atoms with E-state index in [1.165, 1.54) is 14.0 Å². The molecule has 0 aromatic carbocycles. The standard InChI is InChI=1S/C12H14N4O4S/c1-8-10(12(17)18)11(15-14-8)21(19,20)16(2)7-9-3-5-13-6-4-9/h3-6H,7H2,1-2H3,(H,14,15)(H,17,18). The molecule has 0 amide bonds. The van der Waals surface area contributed by atoms with Gasteiger partial charge in [0.1, 0.15) is 5.56 Å². The van der Waals surface area contributed by atoms with Gasteiger partial charge in [-0.15, -0.1) is 0 Å². The van der Waals surface area contributed by atoms with Crippen LogP contribution < -0.4 is 0 Å². The van der Waals surface area contributed by atoms with Gasteiger partial charge in [-0.05, 0) is 24.6 Å². The maximum Gasteiger partial charge on any atom is 0.340 e. The summed E-state index contributed by atoms with van der Waals surface area (Å²) in [6.45, 7) is 1.55. The minimum absolute atomic E-state index is 0.0931. The molecule has 0 fully saturated rings. The van der Waals surface area contributed by atoms with Crippen LogP contribution in [0.2, 0.25) is 0 Å². The Morgan fingerprint density at radius 1 is 1.38 bits per heavy atom. The first-order valence-corrected chi connectivity index (χ1v) is 7.41. The minimum atomic E-state index is -4.00. The van der Waals surface area contributed by atoms with Crippen LogP contribution in [0.1, 0.15) is 21.6 Å². The van der Waals surface area contributed by atoms with E-state index in [1.54, 1.807) is 24.5 Å². The fourth-order valence-corrected chi connectivity index (χ4v) is 3.10. The van der Waals surface area contributed by atoms with Crippen molar-refractivity contribution in [3.05, 3.63) is 41.3 Å². The number of rotatable bonds is 5. The van der Waals surface area contributed by atoms with Crippen molar-refractivity contribution in [3.63, 3.8) is 0 Å². The lowest BCUT2D eigenvalue weighted by Crippen LogP contribution is -2.28. The molecular formula is C12H14N4O4S. The number of hydrogen-bond acceptors (Lipinski definition) is 5. The van der Waals surface area contributed by atoms with Crippen molar-refractivity contribution in [2.75, 3.05) is 7.05 Å². The average Bonchev–Trinajstić information content (AvgIpc) is 2.82. The second-order valence-corrected chi connectivity index (χ2v) is 6.41. The number of H-pyrrole nitrogens is 1. The molecule has 2 N–H and O–H groups in total. The van der Waals surface area contributed by atoms with Gasteiger partial charge in [0.05, 0.1) is 0 Å². The number of hydrogen-bond donors (Lipinski definition) is 2. The van der Waals surface area contributed by atoms with Gasteiger partial charge in [-0.1, -0.05) is 0 Å². The van der Waals surface area contributed by atoms with E-state index in [1.807, 2.05) is 0 Å². The van der Waals surface area contributed by atoms with E-state index in [9.17, 15) is 13.2 Å². The molecule has 2 rings (SSSR count). The Morgan fingerprint density at radius 2 is 2.00 bits per heavy atom. The molecule has 0 atom stereocenters. The van der Waals surface area contributed by atoms with Crippen LogP contribution in [0.4, 0.5) is 0 Å². The third kappa shape index (κ3) is 2.93. The molecule has 0 spiro atoms. The lowest BCUT2D eigenvalue weighted by atomic mass is 10.3. The van der Waals surface area contributed by atoms with Crippen LogP contribution in [0.15, 0.2) is 29.6 Å². The highest BCUT2D eigenvalue weighted by atomic mass is 32.2. The first kappa shape index (κ1) is 15.1. The van der Waals surface area contributed by atoms with Crippen LogP contribution in [0.5, 0.6) is 0 Å². The number of aromatic carboxylic acids is 1. The predicted octanol–water partition coefficient (Wildman–Crippen LogP) is 0.632. The summed E-state index contributed by atoms with van der Waals surface area (Å²) in [5.74, 6) is -1.34. The molecule has 0 saturated carbocycles. The number of aromatic nitrogens is 3. The first-order valence-electron chi connectivity index (χ1n) is 5.97. The first-order chi connectivity index (χ1) is 9.84. The molecule has 8 nitrogen and oxygen atoms in total. The quantitative estimate of drug-likeness (QED) is 0.836. The number of nitrogens with one attached hydrogen (secondary N) is 1. The summed E-state index contributed by atoms with van der Waals surface area (Å²) < 4.78 is 25.9. The molecule has 2 aromatic rings. The summed E-state index contributed by atoms with van der Waals surface area (Å²) in [7, 11) is -2.64. The number of carboxylic acid groups (broad SMARTS) is 1. The molecule has 0 aliphatic heterocycles. The highest BCUT2D eigenvalue weighted by Gasteiger charge is 2.31. The topological polar surface area (TPSA) is 116 Å². The number of aryl methyl sites for hydroxylation is 1. The largest absolute Gasteiger partial charge is 0.478 e. The van der Waals surface area contributed by atoms with Crippen LogP contribution in [0.3, 0.4) is 0 Å². The number of carbonyl (C=O) groups is 1. The van der Waals surface area contributed by atoms with Crippen molar-refractivity contribution in [2.24, 2.45) is 0 Å². The molecule has 2 heterocycles. The molecule has 21 heavy (non-hydrogen) atoms. The lowest BCUT2D eigenvalue weighted by molar-refractivity contribution is 0.0691. The van der Waals surface area contributed by atoms with Crippen molar-refractivity contribution in [1.82, 2.24) is 19.5 Å². The van der Waals surface area contributed by atoms with E-state index in [0.717, 1.165) is 9.87 Å².